The number of piperidine rings is 1. The van der Waals surface area contributed by atoms with Gasteiger partial charge in [-0.05, 0) is 43.5 Å². The summed E-state index contributed by atoms with van der Waals surface area (Å²) in [5.41, 5.74) is 1.68. The molecule has 0 radical (unpaired) electrons. The average molecular weight is 308 g/mol. The Labute approximate surface area is 133 Å². The number of halogens is 1. The number of piperazine rings is 1. The van der Waals surface area contributed by atoms with Gasteiger partial charge in [-0.2, -0.15) is 0 Å². The topological polar surface area (TPSA) is 18.5 Å². The number of anilines is 1. The lowest BCUT2D eigenvalue weighted by Gasteiger charge is -2.42. The molecule has 2 aliphatic heterocycles. The Bertz CT molecular complexity index is 463. The molecule has 0 saturated carbocycles. The van der Waals surface area contributed by atoms with E-state index >= 15 is 0 Å². The highest BCUT2D eigenvalue weighted by Crippen LogP contribution is 2.30. The van der Waals surface area contributed by atoms with Crippen molar-refractivity contribution in [2.24, 2.45) is 5.41 Å². The van der Waals surface area contributed by atoms with Crippen LogP contribution >= 0.6 is 11.6 Å². The summed E-state index contributed by atoms with van der Waals surface area (Å²) >= 11 is 6.31. The number of para-hydroxylation sites is 1. The van der Waals surface area contributed by atoms with Crippen molar-refractivity contribution >= 4 is 17.3 Å². The Morgan fingerprint density at radius 1 is 1.10 bits per heavy atom. The SMILES string of the molecule is CC1(CN2CCN(c3ccccc3Cl)CC2)CCNCC1. The maximum Gasteiger partial charge on any atom is 0.0639 e. The number of nitrogens with zero attached hydrogens (tertiary/aromatic N) is 2. The van der Waals surface area contributed by atoms with Gasteiger partial charge in [-0.15, -0.1) is 0 Å². The first-order valence-corrected chi connectivity index (χ1v) is 8.47. The second-order valence-electron chi connectivity index (χ2n) is 6.78. The predicted octanol–water partition coefficient (Wildman–Crippen LogP) is 2.85. The smallest absolute Gasteiger partial charge is 0.0639 e. The highest BCUT2D eigenvalue weighted by Gasteiger charge is 2.30. The quantitative estimate of drug-likeness (QED) is 0.926. The summed E-state index contributed by atoms with van der Waals surface area (Å²) in [7, 11) is 0. The molecule has 0 atom stereocenters. The molecule has 0 unspecified atom stereocenters. The van der Waals surface area contributed by atoms with Crippen molar-refractivity contribution < 1.29 is 0 Å². The van der Waals surface area contributed by atoms with E-state index in [1.165, 1.54) is 38.2 Å². The molecule has 2 saturated heterocycles. The summed E-state index contributed by atoms with van der Waals surface area (Å²) in [6.45, 7) is 10.5. The molecule has 0 bridgehead atoms. The second kappa shape index (κ2) is 6.55. The molecule has 3 rings (SSSR count). The van der Waals surface area contributed by atoms with Crippen molar-refractivity contribution in [3.05, 3.63) is 29.3 Å². The van der Waals surface area contributed by atoms with Crippen LogP contribution in [0.4, 0.5) is 5.69 Å². The van der Waals surface area contributed by atoms with E-state index < -0.39 is 0 Å². The van der Waals surface area contributed by atoms with Gasteiger partial charge in [0.15, 0.2) is 0 Å². The van der Waals surface area contributed by atoms with Gasteiger partial charge in [-0.3, -0.25) is 4.90 Å². The lowest BCUT2D eigenvalue weighted by atomic mass is 9.80. The van der Waals surface area contributed by atoms with Gasteiger partial charge in [-0.25, -0.2) is 0 Å². The van der Waals surface area contributed by atoms with Gasteiger partial charge in [-0.1, -0.05) is 30.7 Å². The lowest BCUT2D eigenvalue weighted by Crippen LogP contribution is -2.51. The van der Waals surface area contributed by atoms with Gasteiger partial charge >= 0.3 is 0 Å². The molecule has 0 aromatic heterocycles. The van der Waals surface area contributed by atoms with Crippen molar-refractivity contribution in [2.75, 3.05) is 50.7 Å². The van der Waals surface area contributed by atoms with Gasteiger partial charge in [0.2, 0.25) is 0 Å². The molecule has 21 heavy (non-hydrogen) atoms. The number of nitrogens with one attached hydrogen (secondary N) is 1. The van der Waals surface area contributed by atoms with Gasteiger partial charge < -0.3 is 10.2 Å². The van der Waals surface area contributed by atoms with Crippen LogP contribution in [0.1, 0.15) is 19.8 Å². The highest BCUT2D eigenvalue weighted by molar-refractivity contribution is 6.33. The van der Waals surface area contributed by atoms with Crippen LogP contribution in [0.3, 0.4) is 0 Å². The Morgan fingerprint density at radius 2 is 1.76 bits per heavy atom. The fraction of sp³-hybridized carbons (Fsp3) is 0.647. The van der Waals surface area contributed by atoms with Crippen molar-refractivity contribution in [2.45, 2.75) is 19.8 Å². The lowest BCUT2D eigenvalue weighted by molar-refractivity contribution is 0.123. The molecule has 2 heterocycles. The molecular formula is C17H26ClN3. The van der Waals surface area contributed by atoms with Crippen LogP contribution in [-0.2, 0) is 0 Å². The molecule has 1 aromatic rings. The summed E-state index contributed by atoms with van der Waals surface area (Å²) in [4.78, 5) is 5.06. The Morgan fingerprint density at radius 3 is 2.43 bits per heavy atom. The van der Waals surface area contributed by atoms with Crippen LogP contribution in [0.2, 0.25) is 5.02 Å². The normalized spacial score (nSPS) is 23.2. The number of hydrogen-bond donors (Lipinski definition) is 1. The van der Waals surface area contributed by atoms with Crippen molar-refractivity contribution in [3.63, 3.8) is 0 Å². The zero-order valence-electron chi connectivity index (χ0n) is 12.9. The number of benzene rings is 1. The monoisotopic (exact) mass is 307 g/mol. The van der Waals surface area contributed by atoms with Crippen LogP contribution in [0.25, 0.3) is 0 Å². The third-order valence-corrected chi connectivity index (χ3v) is 5.30. The molecule has 2 fully saturated rings. The zero-order chi connectivity index (χ0) is 14.7. The summed E-state index contributed by atoms with van der Waals surface area (Å²) in [5, 5.41) is 4.34. The van der Waals surface area contributed by atoms with Crippen LogP contribution < -0.4 is 10.2 Å². The van der Waals surface area contributed by atoms with E-state index in [2.05, 4.69) is 34.2 Å². The van der Waals surface area contributed by atoms with Gasteiger partial charge in [0, 0.05) is 32.7 Å². The molecule has 0 amide bonds. The Balaban J connectivity index is 1.54. The molecule has 3 nitrogen and oxygen atoms in total. The van der Waals surface area contributed by atoms with Crippen molar-refractivity contribution in [3.8, 4) is 0 Å². The second-order valence-corrected chi connectivity index (χ2v) is 7.18. The van der Waals surface area contributed by atoms with E-state index in [1.807, 2.05) is 12.1 Å². The fourth-order valence-corrected chi connectivity index (χ4v) is 3.84. The van der Waals surface area contributed by atoms with E-state index in [1.54, 1.807) is 0 Å². The van der Waals surface area contributed by atoms with Crippen molar-refractivity contribution in [1.29, 1.82) is 0 Å². The highest BCUT2D eigenvalue weighted by atomic mass is 35.5. The van der Waals surface area contributed by atoms with E-state index in [9.17, 15) is 0 Å². The van der Waals surface area contributed by atoms with Crippen LogP contribution in [0, 0.1) is 5.41 Å². The maximum atomic E-state index is 6.31. The van der Waals surface area contributed by atoms with E-state index in [0.29, 0.717) is 5.41 Å². The summed E-state index contributed by atoms with van der Waals surface area (Å²) in [6, 6.07) is 8.19. The minimum atomic E-state index is 0.498. The zero-order valence-corrected chi connectivity index (χ0v) is 13.7. The summed E-state index contributed by atoms with van der Waals surface area (Å²) in [5.74, 6) is 0. The fourth-order valence-electron chi connectivity index (χ4n) is 3.58. The first-order chi connectivity index (χ1) is 10.2. The van der Waals surface area contributed by atoms with Gasteiger partial charge in [0.25, 0.3) is 0 Å². The predicted molar refractivity (Wildman–Crippen MR) is 90.3 cm³/mol. The third kappa shape index (κ3) is 3.71. The third-order valence-electron chi connectivity index (χ3n) is 4.98. The van der Waals surface area contributed by atoms with Gasteiger partial charge in [0.05, 0.1) is 10.7 Å². The van der Waals surface area contributed by atoms with Crippen molar-refractivity contribution in [1.82, 2.24) is 10.2 Å². The standard InChI is InChI=1S/C17H26ClN3/c1-17(6-8-19-9-7-17)14-20-10-12-21(13-11-20)16-5-3-2-4-15(16)18/h2-5,19H,6-14H2,1H3. The average Bonchev–Trinajstić information content (AvgIpc) is 2.49. The molecule has 116 valence electrons. The molecule has 1 N–H and O–H groups in total. The van der Waals surface area contributed by atoms with Crippen LogP contribution in [0.15, 0.2) is 24.3 Å². The van der Waals surface area contributed by atoms with E-state index in [4.69, 9.17) is 11.6 Å². The summed E-state index contributed by atoms with van der Waals surface area (Å²) in [6.07, 6.45) is 2.61. The van der Waals surface area contributed by atoms with E-state index in [-0.39, 0.29) is 0 Å². The molecule has 0 aliphatic carbocycles. The first kappa shape index (κ1) is 15.1. The molecule has 2 aliphatic rings. The van der Waals surface area contributed by atoms with E-state index in [0.717, 1.165) is 31.2 Å². The maximum absolute atomic E-state index is 6.31. The van der Waals surface area contributed by atoms with Crippen LogP contribution in [-0.4, -0.2) is 50.7 Å². The number of hydrogen-bond acceptors (Lipinski definition) is 3. The van der Waals surface area contributed by atoms with Crippen LogP contribution in [0.5, 0.6) is 0 Å². The molecular weight excluding hydrogens is 282 g/mol. The minimum absolute atomic E-state index is 0.498. The minimum Gasteiger partial charge on any atom is -0.368 e. The molecule has 1 aromatic carbocycles. The Kier molecular flexibility index (Phi) is 4.72. The Hall–Kier alpha value is -0.770. The first-order valence-electron chi connectivity index (χ1n) is 8.09. The summed E-state index contributed by atoms with van der Waals surface area (Å²) < 4.78 is 0. The van der Waals surface area contributed by atoms with Gasteiger partial charge in [0.1, 0.15) is 0 Å². The number of rotatable bonds is 3. The molecule has 4 heteroatoms. The molecule has 0 spiro atoms. The largest absolute Gasteiger partial charge is 0.368 e.